The maximum Gasteiger partial charge on any atom is 0.0900 e. The summed E-state index contributed by atoms with van der Waals surface area (Å²) in [6.45, 7) is 2.99. The molecule has 0 spiro atoms. The van der Waals surface area contributed by atoms with E-state index in [-0.39, 0.29) is 37.3 Å². The summed E-state index contributed by atoms with van der Waals surface area (Å²) in [5.74, 6) is 0. The molecular weight excluding hydrogens is 274 g/mol. The molecule has 1 heterocycles. The van der Waals surface area contributed by atoms with Gasteiger partial charge in [-0.3, -0.25) is 4.90 Å². The second-order valence-electron chi connectivity index (χ2n) is 6.71. The highest BCUT2D eigenvalue weighted by Crippen LogP contribution is 2.57. The van der Waals surface area contributed by atoms with Gasteiger partial charge in [-0.1, -0.05) is 6.42 Å². The minimum absolute atomic E-state index is 0.0975. The highest BCUT2D eigenvalue weighted by atomic mass is 16.5. The molecule has 0 aromatic carbocycles. The Morgan fingerprint density at radius 1 is 1.05 bits per heavy atom. The molecule has 1 aliphatic heterocycles. The Labute approximate surface area is 126 Å². The van der Waals surface area contributed by atoms with Crippen molar-refractivity contribution in [1.29, 1.82) is 0 Å². The van der Waals surface area contributed by atoms with Crippen molar-refractivity contribution in [3.8, 4) is 0 Å². The fourth-order valence-electron chi connectivity index (χ4n) is 4.16. The Morgan fingerprint density at radius 2 is 1.67 bits per heavy atom. The number of aliphatic hydroxyl groups excluding tert-OH is 4. The summed E-state index contributed by atoms with van der Waals surface area (Å²) >= 11 is 0. The summed E-state index contributed by atoms with van der Waals surface area (Å²) in [6, 6.07) is 0. The zero-order chi connectivity index (χ0) is 15.3. The van der Waals surface area contributed by atoms with Crippen molar-refractivity contribution in [3.63, 3.8) is 0 Å². The SMILES string of the molecule is OCCCOCC(O)CN1C[C@]2(CO)CCC[C@]2(CO)C1. The lowest BCUT2D eigenvalue weighted by Gasteiger charge is -2.36. The van der Waals surface area contributed by atoms with Crippen molar-refractivity contribution < 1.29 is 25.2 Å². The molecule has 6 heteroatoms. The molecule has 0 amide bonds. The van der Waals surface area contributed by atoms with Gasteiger partial charge in [-0.25, -0.2) is 0 Å². The van der Waals surface area contributed by atoms with Crippen molar-refractivity contribution in [3.05, 3.63) is 0 Å². The van der Waals surface area contributed by atoms with Gasteiger partial charge in [0.1, 0.15) is 0 Å². The molecule has 3 atom stereocenters. The van der Waals surface area contributed by atoms with Gasteiger partial charge in [-0.2, -0.15) is 0 Å². The molecule has 1 saturated carbocycles. The highest BCUT2D eigenvalue weighted by Gasteiger charge is 2.59. The topological polar surface area (TPSA) is 93.4 Å². The molecule has 1 aliphatic carbocycles. The average molecular weight is 303 g/mol. The number of fused-ring (bicyclic) bond motifs is 1. The molecule has 2 rings (SSSR count). The summed E-state index contributed by atoms with van der Waals surface area (Å²) in [5.41, 5.74) is -0.418. The molecule has 6 nitrogen and oxygen atoms in total. The van der Waals surface area contributed by atoms with Crippen LogP contribution in [0.5, 0.6) is 0 Å². The fourth-order valence-corrected chi connectivity index (χ4v) is 4.16. The van der Waals surface area contributed by atoms with Crippen LogP contribution in [0.4, 0.5) is 0 Å². The third-order valence-electron chi connectivity index (χ3n) is 5.32. The quantitative estimate of drug-likeness (QED) is 0.417. The van der Waals surface area contributed by atoms with E-state index in [9.17, 15) is 15.3 Å². The smallest absolute Gasteiger partial charge is 0.0900 e. The van der Waals surface area contributed by atoms with Crippen molar-refractivity contribution in [1.82, 2.24) is 4.90 Å². The minimum atomic E-state index is -0.575. The van der Waals surface area contributed by atoms with Crippen LogP contribution < -0.4 is 0 Å². The summed E-state index contributed by atoms with van der Waals surface area (Å²) in [4.78, 5) is 2.14. The van der Waals surface area contributed by atoms with E-state index in [1.807, 2.05) is 0 Å². The normalized spacial score (nSPS) is 34.3. The summed E-state index contributed by atoms with van der Waals surface area (Å²) < 4.78 is 5.31. The summed E-state index contributed by atoms with van der Waals surface area (Å²) in [7, 11) is 0. The van der Waals surface area contributed by atoms with Crippen LogP contribution >= 0.6 is 0 Å². The van der Waals surface area contributed by atoms with Crippen molar-refractivity contribution >= 4 is 0 Å². The Morgan fingerprint density at radius 3 is 2.19 bits per heavy atom. The lowest BCUT2D eigenvalue weighted by molar-refractivity contribution is 0.00976. The molecule has 0 bridgehead atoms. The van der Waals surface area contributed by atoms with Crippen molar-refractivity contribution in [2.24, 2.45) is 10.8 Å². The summed E-state index contributed by atoms with van der Waals surface area (Å²) in [6.07, 6.45) is 2.96. The first-order chi connectivity index (χ1) is 10.1. The van der Waals surface area contributed by atoms with Gasteiger partial charge < -0.3 is 25.2 Å². The minimum Gasteiger partial charge on any atom is -0.396 e. The molecule has 1 saturated heterocycles. The van der Waals surface area contributed by atoms with Crippen molar-refractivity contribution in [2.75, 3.05) is 52.7 Å². The number of aliphatic hydroxyl groups is 4. The van der Waals surface area contributed by atoms with Crippen LogP contribution in [0.1, 0.15) is 25.7 Å². The molecule has 124 valence electrons. The first-order valence-corrected chi connectivity index (χ1v) is 7.92. The monoisotopic (exact) mass is 303 g/mol. The number of hydrogen-bond acceptors (Lipinski definition) is 6. The van der Waals surface area contributed by atoms with Gasteiger partial charge in [0.25, 0.3) is 0 Å². The molecule has 4 N–H and O–H groups in total. The zero-order valence-corrected chi connectivity index (χ0v) is 12.7. The summed E-state index contributed by atoms with van der Waals surface area (Å²) in [5, 5.41) is 38.4. The number of likely N-dealkylation sites (tertiary alicyclic amines) is 1. The van der Waals surface area contributed by atoms with Crippen LogP contribution in [0.2, 0.25) is 0 Å². The Kier molecular flexibility index (Phi) is 5.99. The Balaban J connectivity index is 1.84. The molecule has 21 heavy (non-hydrogen) atoms. The third kappa shape index (κ3) is 3.41. The molecule has 0 aromatic rings. The zero-order valence-electron chi connectivity index (χ0n) is 12.7. The lowest BCUT2D eigenvalue weighted by atomic mass is 9.69. The van der Waals surface area contributed by atoms with Crippen LogP contribution in [-0.2, 0) is 4.74 Å². The van der Waals surface area contributed by atoms with E-state index in [4.69, 9.17) is 9.84 Å². The van der Waals surface area contributed by atoms with E-state index in [0.717, 1.165) is 32.4 Å². The second kappa shape index (κ2) is 7.35. The van der Waals surface area contributed by atoms with E-state index in [1.165, 1.54) is 0 Å². The Bertz CT molecular complexity index is 309. The first kappa shape index (κ1) is 17.1. The number of ether oxygens (including phenoxy) is 1. The van der Waals surface area contributed by atoms with Gasteiger partial charge in [0.05, 0.1) is 25.9 Å². The molecule has 0 radical (unpaired) electrons. The van der Waals surface area contributed by atoms with E-state index >= 15 is 0 Å². The maximum atomic E-state index is 10.0. The molecular formula is C15H29NO5. The van der Waals surface area contributed by atoms with Crippen LogP contribution in [0.25, 0.3) is 0 Å². The van der Waals surface area contributed by atoms with E-state index in [0.29, 0.717) is 19.6 Å². The van der Waals surface area contributed by atoms with E-state index in [2.05, 4.69) is 4.90 Å². The van der Waals surface area contributed by atoms with Crippen LogP contribution in [0.15, 0.2) is 0 Å². The predicted molar refractivity (Wildman–Crippen MR) is 77.9 cm³/mol. The number of β-amino-alcohol motifs (C(OH)–C–C–N with tert-alkyl or cyclic N) is 1. The molecule has 0 aromatic heterocycles. The largest absolute Gasteiger partial charge is 0.396 e. The van der Waals surface area contributed by atoms with E-state index in [1.54, 1.807) is 0 Å². The van der Waals surface area contributed by atoms with Crippen LogP contribution in [0.3, 0.4) is 0 Å². The standard InChI is InChI=1S/C15H29NO5/c17-5-2-6-21-8-13(20)7-16-9-14(11-18)3-1-4-15(14,10-16)12-19/h13,17-20H,1-12H2/t13?,14-,15+. The van der Waals surface area contributed by atoms with Crippen molar-refractivity contribution in [2.45, 2.75) is 31.8 Å². The van der Waals surface area contributed by atoms with Gasteiger partial charge in [0.2, 0.25) is 0 Å². The van der Waals surface area contributed by atoms with Gasteiger partial charge in [-0.15, -0.1) is 0 Å². The van der Waals surface area contributed by atoms with Gasteiger partial charge >= 0.3 is 0 Å². The van der Waals surface area contributed by atoms with Crippen LogP contribution in [0, 0.1) is 10.8 Å². The lowest BCUT2D eigenvalue weighted by Crippen LogP contribution is -2.41. The molecule has 1 unspecified atom stereocenters. The third-order valence-corrected chi connectivity index (χ3v) is 5.32. The first-order valence-electron chi connectivity index (χ1n) is 7.92. The molecule has 2 aliphatic rings. The second-order valence-corrected chi connectivity index (χ2v) is 6.71. The average Bonchev–Trinajstić information content (AvgIpc) is 2.96. The fraction of sp³-hybridized carbons (Fsp3) is 1.00. The molecule has 2 fully saturated rings. The number of nitrogens with zero attached hydrogens (tertiary/aromatic N) is 1. The van der Waals surface area contributed by atoms with Gasteiger partial charge in [0.15, 0.2) is 0 Å². The number of rotatable bonds is 9. The van der Waals surface area contributed by atoms with E-state index < -0.39 is 6.10 Å². The highest BCUT2D eigenvalue weighted by molar-refractivity contribution is 5.10. The number of hydrogen-bond donors (Lipinski definition) is 4. The maximum absolute atomic E-state index is 10.0. The van der Waals surface area contributed by atoms with Crippen LogP contribution in [-0.4, -0.2) is 84.1 Å². The Hall–Kier alpha value is -0.240. The van der Waals surface area contributed by atoms with Gasteiger partial charge in [0, 0.05) is 43.7 Å². The predicted octanol–water partition coefficient (Wildman–Crippen LogP) is -0.797. The van der Waals surface area contributed by atoms with Gasteiger partial charge in [-0.05, 0) is 19.3 Å².